The van der Waals surface area contributed by atoms with Crippen LogP contribution in [0.3, 0.4) is 0 Å². The van der Waals surface area contributed by atoms with Gasteiger partial charge in [-0.25, -0.2) is 0 Å². The molecule has 1 aromatic heterocycles. The summed E-state index contributed by atoms with van der Waals surface area (Å²) in [5.74, 6) is -0.449. The number of hydrogen-bond acceptors (Lipinski definition) is 3. The number of rotatable bonds is 3. The Bertz CT molecular complexity index is 575. The van der Waals surface area contributed by atoms with Crippen molar-refractivity contribution in [3.8, 4) is 0 Å². The van der Waals surface area contributed by atoms with Crippen molar-refractivity contribution in [2.45, 2.75) is 44.2 Å². The van der Waals surface area contributed by atoms with Crippen molar-refractivity contribution < 1.29 is 14.7 Å². The summed E-state index contributed by atoms with van der Waals surface area (Å²) >= 11 is 8.36. The summed E-state index contributed by atoms with van der Waals surface area (Å²) in [4.78, 5) is 25.7. The first kappa shape index (κ1) is 15.5. The lowest BCUT2D eigenvalue weighted by Gasteiger charge is -2.38. The van der Waals surface area contributed by atoms with Crippen LogP contribution < -0.4 is 0 Å². The van der Waals surface area contributed by atoms with Crippen molar-refractivity contribution in [1.82, 2.24) is 4.90 Å². The number of carbonyl (C=O) groups excluding carboxylic acids is 1. The fraction of sp³-hybridized carbons (Fsp3) is 0.571. The van der Waals surface area contributed by atoms with E-state index in [1.165, 1.54) is 11.3 Å². The van der Waals surface area contributed by atoms with Crippen LogP contribution in [0, 0.1) is 5.92 Å². The number of aliphatic carboxylic acids is 1. The highest BCUT2D eigenvalue weighted by Crippen LogP contribution is 2.42. The first-order valence-corrected chi connectivity index (χ1v) is 9.35. The number of amides is 1. The molecule has 0 aliphatic carbocycles. The molecule has 3 rings (SSSR count). The summed E-state index contributed by atoms with van der Waals surface area (Å²) in [5, 5.41) is 8.96. The molecule has 0 spiro atoms. The summed E-state index contributed by atoms with van der Waals surface area (Å²) in [7, 11) is 0. The van der Waals surface area contributed by atoms with Gasteiger partial charge in [-0.1, -0.05) is 0 Å². The van der Waals surface area contributed by atoms with Gasteiger partial charge in [0.15, 0.2) is 0 Å². The average Bonchev–Trinajstić information content (AvgIpc) is 2.85. The predicted octanol–water partition coefficient (Wildman–Crippen LogP) is 4.13. The molecule has 7 heteroatoms. The minimum atomic E-state index is -0.733. The fourth-order valence-electron chi connectivity index (χ4n) is 3.66. The zero-order valence-electron chi connectivity index (χ0n) is 11.2. The van der Waals surface area contributed by atoms with E-state index in [4.69, 9.17) is 5.11 Å². The standard InChI is InChI=1S/C14H15Br2NO3S/c15-11-6-10(13(16)21-11)14(20)17-8-1-2-9(17)4-7(3-8)5-12(18)19/h6-9H,1-5H2,(H,18,19). The molecule has 2 saturated heterocycles. The highest BCUT2D eigenvalue weighted by molar-refractivity contribution is 9.12. The van der Waals surface area contributed by atoms with Gasteiger partial charge in [0.2, 0.25) is 0 Å². The van der Waals surface area contributed by atoms with Gasteiger partial charge < -0.3 is 10.0 Å². The second-order valence-corrected chi connectivity index (χ2v) is 9.52. The highest BCUT2D eigenvalue weighted by atomic mass is 79.9. The Morgan fingerprint density at radius 1 is 1.29 bits per heavy atom. The van der Waals surface area contributed by atoms with Gasteiger partial charge in [0.1, 0.15) is 0 Å². The summed E-state index contributed by atoms with van der Waals surface area (Å²) in [5.41, 5.74) is 0.709. The molecule has 2 fully saturated rings. The van der Waals surface area contributed by atoms with Gasteiger partial charge in [-0.15, -0.1) is 11.3 Å². The molecule has 1 aromatic rings. The Labute approximate surface area is 143 Å². The van der Waals surface area contributed by atoms with Crippen LogP contribution in [0.25, 0.3) is 0 Å². The summed E-state index contributed by atoms with van der Waals surface area (Å²) in [6, 6.07) is 2.26. The molecule has 0 aromatic carbocycles. The third-order valence-corrected chi connectivity index (χ3v) is 6.75. The van der Waals surface area contributed by atoms with E-state index in [-0.39, 0.29) is 30.3 Å². The van der Waals surface area contributed by atoms with Crippen LogP contribution in [-0.4, -0.2) is 34.0 Å². The Morgan fingerprint density at radius 2 is 1.90 bits per heavy atom. The summed E-state index contributed by atoms with van der Waals surface area (Å²) < 4.78 is 1.79. The van der Waals surface area contributed by atoms with E-state index in [1.54, 1.807) is 0 Å². The molecule has 2 unspecified atom stereocenters. The summed E-state index contributed by atoms with van der Waals surface area (Å²) in [6.45, 7) is 0. The lowest BCUT2D eigenvalue weighted by atomic mass is 9.88. The van der Waals surface area contributed by atoms with Gasteiger partial charge in [-0.3, -0.25) is 9.59 Å². The Hall–Kier alpha value is -0.400. The zero-order chi connectivity index (χ0) is 15.1. The van der Waals surface area contributed by atoms with Crippen molar-refractivity contribution in [2.24, 2.45) is 5.92 Å². The van der Waals surface area contributed by atoms with Crippen LogP contribution in [0.4, 0.5) is 0 Å². The number of fused-ring (bicyclic) bond motifs is 2. The van der Waals surface area contributed by atoms with E-state index < -0.39 is 5.97 Å². The molecule has 2 aliphatic rings. The van der Waals surface area contributed by atoms with Crippen molar-refractivity contribution in [3.05, 3.63) is 19.2 Å². The molecule has 1 amide bonds. The molecule has 3 heterocycles. The molecular formula is C14H15Br2NO3S. The lowest BCUT2D eigenvalue weighted by Crippen LogP contribution is -2.46. The van der Waals surface area contributed by atoms with Crippen LogP contribution >= 0.6 is 43.2 Å². The van der Waals surface area contributed by atoms with E-state index in [0.717, 1.165) is 33.3 Å². The van der Waals surface area contributed by atoms with Crippen LogP contribution in [0.2, 0.25) is 0 Å². The molecule has 114 valence electrons. The second-order valence-electron chi connectivity index (χ2n) is 5.77. The van der Waals surface area contributed by atoms with E-state index in [1.807, 2.05) is 11.0 Å². The third-order valence-electron chi connectivity index (χ3n) is 4.42. The topological polar surface area (TPSA) is 57.6 Å². The molecular weight excluding hydrogens is 422 g/mol. The van der Waals surface area contributed by atoms with Crippen molar-refractivity contribution in [3.63, 3.8) is 0 Å². The van der Waals surface area contributed by atoms with E-state index in [0.29, 0.717) is 5.56 Å². The molecule has 4 nitrogen and oxygen atoms in total. The Balaban J connectivity index is 1.77. The third kappa shape index (κ3) is 3.05. The largest absolute Gasteiger partial charge is 0.481 e. The number of carbonyl (C=O) groups is 2. The maximum atomic E-state index is 12.8. The van der Waals surface area contributed by atoms with Gasteiger partial charge in [0.25, 0.3) is 5.91 Å². The number of piperidine rings is 1. The Morgan fingerprint density at radius 3 is 2.38 bits per heavy atom. The van der Waals surface area contributed by atoms with Crippen LogP contribution in [0.5, 0.6) is 0 Å². The van der Waals surface area contributed by atoms with Gasteiger partial charge in [-0.2, -0.15) is 0 Å². The van der Waals surface area contributed by atoms with Crippen molar-refractivity contribution >= 4 is 55.1 Å². The van der Waals surface area contributed by atoms with Crippen LogP contribution in [0.1, 0.15) is 42.5 Å². The van der Waals surface area contributed by atoms with Gasteiger partial charge >= 0.3 is 5.97 Å². The normalized spacial score (nSPS) is 27.9. The minimum absolute atomic E-state index is 0.0742. The molecule has 21 heavy (non-hydrogen) atoms. The van der Waals surface area contributed by atoms with Crippen molar-refractivity contribution in [1.29, 1.82) is 0 Å². The lowest BCUT2D eigenvalue weighted by molar-refractivity contribution is -0.138. The number of carboxylic acids is 1. The highest BCUT2D eigenvalue weighted by Gasteiger charge is 2.44. The summed E-state index contributed by atoms with van der Waals surface area (Å²) in [6.07, 6.45) is 3.85. The van der Waals surface area contributed by atoms with Crippen LogP contribution in [-0.2, 0) is 4.79 Å². The first-order chi connectivity index (χ1) is 9.95. The average molecular weight is 437 g/mol. The quantitative estimate of drug-likeness (QED) is 0.774. The number of thiophene rings is 1. The van der Waals surface area contributed by atoms with E-state index in [9.17, 15) is 9.59 Å². The predicted molar refractivity (Wildman–Crippen MR) is 87.7 cm³/mol. The molecule has 1 N–H and O–H groups in total. The van der Waals surface area contributed by atoms with Gasteiger partial charge in [-0.05, 0) is 69.5 Å². The molecule has 2 atom stereocenters. The number of halogens is 2. The monoisotopic (exact) mass is 435 g/mol. The molecule has 2 aliphatic heterocycles. The second kappa shape index (κ2) is 6.01. The fourth-order valence-corrected chi connectivity index (χ4v) is 6.44. The van der Waals surface area contributed by atoms with E-state index in [2.05, 4.69) is 31.9 Å². The minimum Gasteiger partial charge on any atom is -0.481 e. The van der Waals surface area contributed by atoms with Crippen LogP contribution in [0.15, 0.2) is 13.6 Å². The first-order valence-electron chi connectivity index (χ1n) is 6.95. The zero-order valence-corrected chi connectivity index (χ0v) is 15.2. The Kier molecular flexibility index (Phi) is 4.43. The smallest absolute Gasteiger partial charge is 0.303 e. The number of nitrogens with zero attached hydrogens (tertiary/aromatic N) is 1. The molecule has 0 saturated carbocycles. The van der Waals surface area contributed by atoms with Gasteiger partial charge in [0.05, 0.1) is 13.1 Å². The maximum Gasteiger partial charge on any atom is 0.303 e. The molecule has 0 radical (unpaired) electrons. The number of carboxylic acid groups (broad SMARTS) is 1. The number of hydrogen-bond donors (Lipinski definition) is 1. The SMILES string of the molecule is O=C(O)CC1CC2CCC(C1)N2C(=O)c1cc(Br)sc1Br. The van der Waals surface area contributed by atoms with Gasteiger partial charge in [0, 0.05) is 18.5 Å². The maximum absolute atomic E-state index is 12.8. The molecule has 2 bridgehead atoms. The van der Waals surface area contributed by atoms with Crippen molar-refractivity contribution in [2.75, 3.05) is 0 Å². The van der Waals surface area contributed by atoms with E-state index >= 15 is 0 Å².